The number of aromatic nitrogens is 2. The molecule has 0 spiro atoms. The van der Waals surface area contributed by atoms with Gasteiger partial charge in [-0.05, 0) is 92.0 Å². The van der Waals surface area contributed by atoms with Gasteiger partial charge in [0.1, 0.15) is 23.9 Å². The fraction of sp³-hybridized carbons (Fsp3) is 0.490. The molecular weight excluding hydrogens is 967 g/mol. The molecule has 2 saturated heterocycles. The number of methoxy groups -OCH3 is 1. The molecule has 0 aliphatic carbocycles. The summed E-state index contributed by atoms with van der Waals surface area (Å²) in [5.74, 6) is -2.91. The normalized spacial score (nSPS) is 19.3. The average Bonchev–Trinajstić information content (AvgIpc) is 3.91. The molecule has 2 aromatic heterocycles. The van der Waals surface area contributed by atoms with Gasteiger partial charge in [-0.25, -0.2) is 5.43 Å². The van der Waals surface area contributed by atoms with Crippen LogP contribution in [0.15, 0.2) is 67.4 Å². The van der Waals surface area contributed by atoms with E-state index in [1.807, 2.05) is 44.3 Å². The molecule has 15 nitrogen and oxygen atoms in total. The molecule has 6 bridgehead atoms. The van der Waals surface area contributed by atoms with Gasteiger partial charge in [0.15, 0.2) is 0 Å². The van der Waals surface area contributed by atoms with Crippen LogP contribution >= 0.6 is 54.0 Å². The molecule has 3 aliphatic rings. The Balaban J connectivity index is 0.00000324. The number of hydrogen-bond acceptors (Lipinski definition) is 10. The minimum Gasteiger partial charge on any atom is -0.508 e. The number of likely N-dealkylation sites (tertiary alicyclic amines) is 1. The second-order valence-corrected chi connectivity index (χ2v) is 19.1. The number of carbonyl (C=O) groups is 5. The Morgan fingerprint density at radius 2 is 1.80 bits per heavy atom. The van der Waals surface area contributed by atoms with E-state index in [1.165, 1.54) is 16.0 Å². The number of likely N-dealkylation sites (N-methyl/N-ethyl adjacent to an activating group) is 1. The second-order valence-electron chi connectivity index (χ2n) is 19.1. The number of hydrazine groups is 1. The molecule has 4 atom stereocenters. The van der Waals surface area contributed by atoms with Gasteiger partial charge in [0.2, 0.25) is 17.7 Å². The Morgan fingerprint density at radius 3 is 2.49 bits per heavy atom. The molecule has 5 heterocycles. The zero-order valence-corrected chi connectivity index (χ0v) is 45.4. The standard InChI is InChI=1S/C51H65N7O8.4H2S/c1-9-44(60)56-20-17-34(29-56)48(62)55(7)45(31(3)4)47(61)53-42-24-32-22-35(25-36(59)23-32)41-26-38-39(27-51(5,6)30-66-50(64)40-16-13-19-58(54-40)49(42)63)46(57(10-2)43(38)28-52-41)37-15-12-11-14-33(37)18-21-65-8;;;;/h9,11-12,14-15,22-23,25-26,28,31,34,40,42,45,54,59H,1,10,13,16-21,24,27,29-30H2,2-8H3,(H,53,61);4*1H2/t34-,40-,42-,45-;;;;/m0..../s1. The van der Waals surface area contributed by atoms with Gasteiger partial charge in [-0.3, -0.25) is 34.0 Å². The number of ether oxygens (including phenoxy) is 2. The van der Waals surface area contributed by atoms with Crippen LogP contribution in [0.25, 0.3) is 33.4 Å². The van der Waals surface area contributed by atoms with Crippen LogP contribution in [-0.2, 0) is 59.3 Å². The predicted octanol–water partition coefficient (Wildman–Crippen LogP) is 5.90. The maximum absolute atomic E-state index is 14.7. The number of hydrogen-bond donors (Lipinski definition) is 3. The van der Waals surface area contributed by atoms with Gasteiger partial charge >= 0.3 is 5.97 Å². The Kier molecular flexibility index (Phi) is 21.8. The highest BCUT2D eigenvalue weighted by atomic mass is 32.1. The summed E-state index contributed by atoms with van der Waals surface area (Å²) in [5, 5.41) is 16.6. The van der Waals surface area contributed by atoms with E-state index in [2.05, 4.69) is 54.8 Å². The number of phenolic OH excluding ortho intramolecular Hbond substituents is 1. The molecule has 2 fully saturated rings. The van der Waals surface area contributed by atoms with Crippen molar-refractivity contribution in [1.29, 1.82) is 0 Å². The van der Waals surface area contributed by atoms with Crippen molar-refractivity contribution in [3.63, 3.8) is 0 Å². The molecule has 70 heavy (non-hydrogen) atoms. The number of pyridine rings is 1. The summed E-state index contributed by atoms with van der Waals surface area (Å²) in [5.41, 5.74) is 9.68. The number of carbonyl (C=O) groups excluding carboxylic acids is 5. The van der Waals surface area contributed by atoms with Crippen molar-refractivity contribution in [2.24, 2.45) is 17.3 Å². The van der Waals surface area contributed by atoms with Crippen molar-refractivity contribution in [3.8, 4) is 28.3 Å². The van der Waals surface area contributed by atoms with E-state index in [0.29, 0.717) is 62.2 Å². The van der Waals surface area contributed by atoms with Crippen LogP contribution in [0.1, 0.15) is 70.6 Å². The minimum absolute atomic E-state index is 0. The Hall–Kier alpha value is -4.66. The summed E-state index contributed by atoms with van der Waals surface area (Å²) < 4.78 is 13.9. The lowest BCUT2D eigenvalue weighted by Gasteiger charge is -2.37. The first-order chi connectivity index (χ1) is 31.5. The number of phenols is 1. The summed E-state index contributed by atoms with van der Waals surface area (Å²) >= 11 is 0. The zero-order valence-electron chi connectivity index (χ0n) is 41.4. The van der Waals surface area contributed by atoms with E-state index in [-0.39, 0.29) is 104 Å². The van der Waals surface area contributed by atoms with Crippen LogP contribution in [0, 0.1) is 17.3 Å². The Bertz CT molecular complexity index is 2520. The maximum Gasteiger partial charge on any atom is 0.324 e. The zero-order chi connectivity index (χ0) is 47.4. The van der Waals surface area contributed by atoms with E-state index < -0.39 is 47.2 Å². The van der Waals surface area contributed by atoms with E-state index in [1.54, 1.807) is 31.2 Å². The highest BCUT2D eigenvalue weighted by Gasteiger charge is 2.40. The first-order valence-electron chi connectivity index (χ1n) is 23.2. The maximum atomic E-state index is 14.7. The summed E-state index contributed by atoms with van der Waals surface area (Å²) in [7, 11) is 3.28. The summed E-state index contributed by atoms with van der Waals surface area (Å²) in [6.07, 6.45) is 5.74. The van der Waals surface area contributed by atoms with Crippen LogP contribution in [0.4, 0.5) is 0 Å². The topological polar surface area (TPSA) is 176 Å². The van der Waals surface area contributed by atoms with Crippen LogP contribution in [0.3, 0.4) is 0 Å². The summed E-state index contributed by atoms with van der Waals surface area (Å²) in [6, 6.07) is 12.5. The van der Waals surface area contributed by atoms with Crippen LogP contribution in [-0.4, -0.2) is 124 Å². The third-order valence-electron chi connectivity index (χ3n) is 13.2. The highest BCUT2D eigenvalue weighted by Crippen LogP contribution is 2.41. The van der Waals surface area contributed by atoms with Gasteiger partial charge in [0, 0.05) is 68.7 Å². The van der Waals surface area contributed by atoms with Crippen LogP contribution in [0.5, 0.6) is 5.75 Å². The molecule has 3 N–H and O–H groups in total. The summed E-state index contributed by atoms with van der Waals surface area (Å²) in [6.45, 7) is 15.7. The van der Waals surface area contributed by atoms with Gasteiger partial charge in [-0.15, -0.1) is 0 Å². The molecular formula is C51H73N7O8S4. The largest absolute Gasteiger partial charge is 0.508 e. The third kappa shape index (κ3) is 13.1. The van der Waals surface area contributed by atoms with Crippen molar-refractivity contribution in [1.82, 2.24) is 35.1 Å². The molecule has 3 aliphatic heterocycles. The summed E-state index contributed by atoms with van der Waals surface area (Å²) in [4.78, 5) is 77.3. The molecule has 384 valence electrons. The van der Waals surface area contributed by atoms with E-state index in [4.69, 9.17) is 14.5 Å². The molecule has 19 heteroatoms. The fourth-order valence-electron chi connectivity index (χ4n) is 9.94. The predicted molar refractivity (Wildman–Crippen MR) is 293 cm³/mol. The molecule has 0 unspecified atom stereocenters. The molecule has 7 rings (SSSR count). The lowest BCUT2D eigenvalue weighted by atomic mass is 9.84. The number of aromatic hydroxyl groups is 1. The first-order valence-corrected chi connectivity index (χ1v) is 23.2. The minimum atomic E-state index is -1.18. The fourth-order valence-corrected chi connectivity index (χ4v) is 9.94. The number of rotatable bonds is 11. The number of cyclic esters (lactones) is 1. The van der Waals surface area contributed by atoms with Crippen molar-refractivity contribution < 1.29 is 38.6 Å². The molecule has 0 saturated carbocycles. The Morgan fingerprint density at radius 1 is 1.07 bits per heavy atom. The van der Waals surface area contributed by atoms with Gasteiger partial charge in [0.05, 0.1) is 42.2 Å². The monoisotopic (exact) mass is 1040 g/mol. The molecule has 4 aromatic rings. The van der Waals surface area contributed by atoms with Crippen molar-refractivity contribution in [2.75, 3.05) is 47.0 Å². The van der Waals surface area contributed by atoms with Crippen molar-refractivity contribution in [2.45, 2.75) is 97.8 Å². The lowest BCUT2D eigenvalue weighted by Crippen LogP contribution is -2.62. The number of nitrogens with one attached hydrogen (secondary N) is 2. The first kappa shape index (κ1) is 59.6. The Labute approximate surface area is 440 Å². The van der Waals surface area contributed by atoms with E-state index >= 15 is 0 Å². The van der Waals surface area contributed by atoms with E-state index in [9.17, 15) is 29.1 Å². The SMILES string of the molecule is C=CC(=O)N1CC[C@H](C(=O)N(C)[C@H](C(=O)N[C@H]2Cc3cc(O)cc(c3)-c3cc4c(c(-c5ccccc5CCOC)n(CC)c4cn3)CC(C)(C)COC(=O)[C@@H]3CCCN(N3)C2=O)C(C)C)C1.S.S.S.S. The number of esters is 1. The second kappa shape index (κ2) is 25.6. The van der Waals surface area contributed by atoms with Gasteiger partial charge < -0.3 is 34.3 Å². The number of amides is 4. The molecule has 0 radical (unpaired) electrons. The van der Waals surface area contributed by atoms with Gasteiger partial charge in [0.25, 0.3) is 5.91 Å². The highest BCUT2D eigenvalue weighted by molar-refractivity contribution is 7.59. The van der Waals surface area contributed by atoms with Crippen LogP contribution in [0.2, 0.25) is 0 Å². The third-order valence-corrected chi connectivity index (χ3v) is 13.2. The number of aryl methyl sites for hydroxylation is 1. The average molecular weight is 1040 g/mol. The van der Waals surface area contributed by atoms with Crippen LogP contribution < -0.4 is 10.7 Å². The van der Waals surface area contributed by atoms with Gasteiger partial charge in [-0.1, -0.05) is 58.5 Å². The molecule has 4 amide bonds. The number of fused-ring (bicyclic) bond motifs is 6. The van der Waals surface area contributed by atoms with Crippen molar-refractivity contribution >= 4 is 94.5 Å². The number of nitrogens with zero attached hydrogens (tertiary/aromatic N) is 5. The number of benzene rings is 2. The lowest BCUT2D eigenvalue weighted by molar-refractivity contribution is -0.155. The van der Waals surface area contributed by atoms with Crippen molar-refractivity contribution in [3.05, 3.63) is 84.1 Å². The smallest absolute Gasteiger partial charge is 0.324 e. The molecule has 2 aromatic carbocycles. The van der Waals surface area contributed by atoms with Gasteiger partial charge in [-0.2, -0.15) is 54.0 Å². The quantitative estimate of drug-likeness (QED) is 0.121. The van der Waals surface area contributed by atoms with E-state index in [0.717, 1.165) is 39.7 Å².